The van der Waals surface area contributed by atoms with E-state index in [4.69, 9.17) is 9.84 Å². The number of aromatic carboxylic acids is 1. The van der Waals surface area contributed by atoms with Crippen molar-refractivity contribution in [1.82, 2.24) is 15.0 Å². The number of hydrogen-bond donors (Lipinski definition) is 1. The Morgan fingerprint density at radius 1 is 1.33 bits per heavy atom. The highest BCUT2D eigenvalue weighted by atomic mass is 16.5. The molecule has 2 aromatic heterocycles. The van der Waals surface area contributed by atoms with E-state index in [-0.39, 0.29) is 5.69 Å². The van der Waals surface area contributed by atoms with E-state index in [1.165, 1.54) is 12.3 Å². The standard InChI is InChI=1S/C12H11N3O3/c1-18-11-3-2-8(7-14-11)6-10-13-5-4-9(15-10)12(16)17/h2-5,7H,6H2,1H3,(H,16,17). The Morgan fingerprint density at radius 3 is 2.78 bits per heavy atom. The Morgan fingerprint density at radius 2 is 2.17 bits per heavy atom. The van der Waals surface area contributed by atoms with E-state index in [0.29, 0.717) is 18.1 Å². The molecule has 0 aliphatic carbocycles. The number of methoxy groups -OCH3 is 1. The second-order valence-electron chi connectivity index (χ2n) is 3.55. The fraction of sp³-hybridized carbons (Fsp3) is 0.167. The summed E-state index contributed by atoms with van der Waals surface area (Å²) in [6, 6.07) is 4.93. The number of carbonyl (C=O) groups is 1. The average molecular weight is 245 g/mol. The minimum atomic E-state index is -1.06. The first-order valence-corrected chi connectivity index (χ1v) is 5.23. The van der Waals surface area contributed by atoms with Gasteiger partial charge in [0.15, 0.2) is 5.69 Å². The van der Waals surface area contributed by atoms with Crippen molar-refractivity contribution in [2.75, 3.05) is 7.11 Å². The molecule has 1 N–H and O–H groups in total. The first-order chi connectivity index (χ1) is 8.69. The third-order valence-corrected chi connectivity index (χ3v) is 2.29. The Balaban J connectivity index is 2.17. The normalized spacial score (nSPS) is 10.1. The van der Waals surface area contributed by atoms with Gasteiger partial charge in [0.25, 0.3) is 0 Å². The second-order valence-corrected chi connectivity index (χ2v) is 3.55. The van der Waals surface area contributed by atoms with Crippen LogP contribution < -0.4 is 4.74 Å². The van der Waals surface area contributed by atoms with Crippen molar-refractivity contribution in [2.45, 2.75) is 6.42 Å². The number of pyridine rings is 1. The van der Waals surface area contributed by atoms with Crippen molar-refractivity contribution in [1.29, 1.82) is 0 Å². The molecule has 6 heteroatoms. The molecule has 0 radical (unpaired) electrons. The van der Waals surface area contributed by atoms with Crippen LogP contribution in [0.2, 0.25) is 0 Å². The summed E-state index contributed by atoms with van der Waals surface area (Å²) in [5, 5.41) is 8.82. The third-order valence-electron chi connectivity index (χ3n) is 2.29. The zero-order valence-electron chi connectivity index (χ0n) is 9.70. The van der Waals surface area contributed by atoms with Crippen molar-refractivity contribution in [2.24, 2.45) is 0 Å². The number of carboxylic acid groups (broad SMARTS) is 1. The second kappa shape index (κ2) is 5.22. The van der Waals surface area contributed by atoms with Gasteiger partial charge in [-0.05, 0) is 11.6 Å². The fourth-order valence-corrected chi connectivity index (χ4v) is 1.42. The Hall–Kier alpha value is -2.50. The van der Waals surface area contributed by atoms with Gasteiger partial charge in [0.05, 0.1) is 7.11 Å². The molecular formula is C12H11N3O3. The number of rotatable bonds is 4. The SMILES string of the molecule is COc1ccc(Cc2nccc(C(=O)O)n2)cn1. The average Bonchev–Trinajstić information content (AvgIpc) is 2.40. The van der Waals surface area contributed by atoms with E-state index < -0.39 is 5.97 Å². The smallest absolute Gasteiger partial charge is 0.354 e. The van der Waals surface area contributed by atoms with E-state index in [0.717, 1.165) is 5.56 Å². The number of hydrogen-bond acceptors (Lipinski definition) is 5. The van der Waals surface area contributed by atoms with Gasteiger partial charge < -0.3 is 9.84 Å². The molecule has 0 saturated heterocycles. The molecular weight excluding hydrogens is 234 g/mol. The van der Waals surface area contributed by atoms with E-state index >= 15 is 0 Å². The van der Waals surface area contributed by atoms with E-state index in [2.05, 4.69) is 15.0 Å². The predicted molar refractivity (Wildman–Crippen MR) is 62.6 cm³/mol. The van der Waals surface area contributed by atoms with Gasteiger partial charge in [-0.15, -0.1) is 0 Å². The molecule has 0 saturated carbocycles. The monoisotopic (exact) mass is 245 g/mol. The zero-order chi connectivity index (χ0) is 13.0. The Kier molecular flexibility index (Phi) is 3.47. The lowest BCUT2D eigenvalue weighted by Gasteiger charge is -2.02. The molecule has 6 nitrogen and oxygen atoms in total. The summed E-state index contributed by atoms with van der Waals surface area (Å²) in [6.07, 6.45) is 3.51. The van der Waals surface area contributed by atoms with Gasteiger partial charge in [0.2, 0.25) is 5.88 Å². The number of carboxylic acids is 1. The van der Waals surface area contributed by atoms with Gasteiger partial charge in [-0.25, -0.2) is 19.7 Å². The van der Waals surface area contributed by atoms with Crippen molar-refractivity contribution in [3.05, 3.63) is 47.7 Å². The van der Waals surface area contributed by atoms with Crippen LogP contribution in [0.4, 0.5) is 0 Å². The molecule has 0 aromatic carbocycles. The summed E-state index contributed by atoms with van der Waals surface area (Å²) >= 11 is 0. The van der Waals surface area contributed by atoms with Crippen LogP contribution >= 0.6 is 0 Å². The lowest BCUT2D eigenvalue weighted by atomic mass is 10.2. The molecule has 0 fully saturated rings. The maximum absolute atomic E-state index is 10.8. The first-order valence-electron chi connectivity index (χ1n) is 5.23. The molecule has 2 rings (SSSR count). The molecule has 2 aromatic rings. The maximum atomic E-state index is 10.8. The molecule has 0 bridgehead atoms. The lowest BCUT2D eigenvalue weighted by Crippen LogP contribution is -2.05. The molecule has 0 atom stereocenters. The van der Waals surface area contributed by atoms with Crippen molar-refractivity contribution in [3.8, 4) is 5.88 Å². The van der Waals surface area contributed by atoms with Gasteiger partial charge >= 0.3 is 5.97 Å². The molecule has 0 spiro atoms. The van der Waals surface area contributed by atoms with Crippen molar-refractivity contribution < 1.29 is 14.6 Å². The topological polar surface area (TPSA) is 85.2 Å². The maximum Gasteiger partial charge on any atom is 0.354 e. The molecule has 0 amide bonds. The molecule has 0 aliphatic heterocycles. The van der Waals surface area contributed by atoms with Gasteiger partial charge in [-0.2, -0.15) is 0 Å². The largest absolute Gasteiger partial charge is 0.481 e. The van der Waals surface area contributed by atoms with E-state index in [1.807, 2.05) is 6.07 Å². The van der Waals surface area contributed by atoms with Crippen molar-refractivity contribution in [3.63, 3.8) is 0 Å². The van der Waals surface area contributed by atoms with Gasteiger partial charge in [0, 0.05) is 24.9 Å². The molecule has 92 valence electrons. The first kappa shape index (κ1) is 12.0. The molecule has 2 heterocycles. The third kappa shape index (κ3) is 2.79. The van der Waals surface area contributed by atoms with Crippen molar-refractivity contribution >= 4 is 5.97 Å². The van der Waals surface area contributed by atoms with Crippen LogP contribution in [-0.4, -0.2) is 33.1 Å². The number of aromatic nitrogens is 3. The van der Waals surface area contributed by atoms with E-state index in [9.17, 15) is 4.79 Å². The summed E-state index contributed by atoms with van der Waals surface area (Å²) in [7, 11) is 1.54. The minimum absolute atomic E-state index is 0.0125. The number of nitrogens with zero attached hydrogens (tertiary/aromatic N) is 3. The molecule has 0 aliphatic rings. The van der Waals surface area contributed by atoms with Crippen LogP contribution in [0.5, 0.6) is 5.88 Å². The highest BCUT2D eigenvalue weighted by Gasteiger charge is 2.07. The fourth-order valence-electron chi connectivity index (χ4n) is 1.42. The molecule has 0 unspecified atom stereocenters. The highest BCUT2D eigenvalue weighted by Crippen LogP contribution is 2.09. The van der Waals surface area contributed by atoms with Crippen LogP contribution in [-0.2, 0) is 6.42 Å². The van der Waals surface area contributed by atoms with Crippen LogP contribution in [0.15, 0.2) is 30.6 Å². The summed E-state index contributed by atoms with van der Waals surface area (Å²) < 4.78 is 4.95. The quantitative estimate of drug-likeness (QED) is 0.870. The summed E-state index contributed by atoms with van der Waals surface area (Å²) in [5.74, 6) is -0.0904. The Bertz CT molecular complexity index is 555. The van der Waals surface area contributed by atoms with Gasteiger partial charge in [-0.1, -0.05) is 6.07 Å². The highest BCUT2D eigenvalue weighted by molar-refractivity contribution is 5.85. The summed E-state index contributed by atoms with van der Waals surface area (Å²) in [5.41, 5.74) is 0.875. The van der Waals surface area contributed by atoms with E-state index in [1.54, 1.807) is 19.4 Å². The molecule has 18 heavy (non-hydrogen) atoms. The number of ether oxygens (including phenoxy) is 1. The predicted octanol–water partition coefficient (Wildman–Crippen LogP) is 1.17. The lowest BCUT2D eigenvalue weighted by molar-refractivity contribution is 0.0690. The van der Waals surface area contributed by atoms with Crippen LogP contribution in [0.3, 0.4) is 0 Å². The summed E-state index contributed by atoms with van der Waals surface area (Å²) in [4.78, 5) is 22.8. The Labute approximate surface area is 103 Å². The van der Waals surface area contributed by atoms with Crippen LogP contribution in [0.25, 0.3) is 0 Å². The minimum Gasteiger partial charge on any atom is -0.481 e. The zero-order valence-corrected chi connectivity index (χ0v) is 9.70. The summed E-state index contributed by atoms with van der Waals surface area (Å²) in [6.45, 7) is 0. The van der Waals surface area contributed by atoms with Gasteiger partial charge in [-0.3, -0.25) is 0 Å². The van der Waals surface area contributed by atoms with Gasteiger partial charge in [0.1, 0.15) is 5.82 Å². The van der Waals surface area contributed by atoms with Crippen LogP contribution in [0.1, 0.15) is 21.9 Å². The van der Waals surface area contributed by atoms with Crippen LogP contribution in [0, 0.1) is 0 Å².